The Morgan fingerprint density at radius 2 is 1.20 bits per heavy atom. The third-order valence-corrected chi connectivity index (χ3v) is 10.7. The van der Waals surface area contributed by atoms with Crippen molar-refractivity contribution >= 4 is 55.4 Å². The molecule has 3 unspecified atom stereocenters. The van der Waals surface area contributed by atoms with Crippen LogP contribution in [0.25, 0.3) is 0 Å². The number of rotatable bonds is 19. The van der Waals surface area contributed by atoms with Crippen LogP contribution < -0.4 is 10.6 Å². The van der Waals surface area contributed by atoms with E-state index in [-0.39, 0.29) is 49.0 Å². The Labute approximate surface area is 319 Å². The van der Waals surface area contributed by atoms with Crippen molar-refractivity contribution in [2.75, 3.05) is 13.2 Å². The van der Waals surface area contributed by atoms with Crippen molar-refractivity contribution in [3.8, 4) is 0 Å². The summed E-state index contributed by atoms with van der Waals surface area (Å²) >= 11 is 6.98. The van der Waals surface area contributed by atoms with Crippen molar-refractivity contribution in [1.82, 2.24) is 10.6 Å². The fourth-order valence-corrected chi connectivity index (χ4v) is 7.80. The molecule has 51 heavy (non-hydrogen) atoms. The molecule has 3 atom stereocenters. The molecule has 0 radical (unpaired) electrons. The quantitative estimate of drug-likeness (QED) is 0.121. The van der Waals surface area contributed by atoms with Crippen molar-refractivity contribution < 1.29 is 33.8 Å². The standard InChI is InChI=1S/C23H32BrNO4.C17H22BrNO3/c24-18-11-12-20-17(15-18)10-13-21(20)25-22(27)8-4-2-1-3-7-19(26)16-29-23-9-5-6-14-28-23;18-13-8-9-14-12(11-13)7-10-15(14)19-16(20)5-3-1-2-4-6-17(21)22/h11-12,15,21,23H,1-10,13-14,16H2,(H,25,27);8-9,11,15H,1-7,10H2,(H,19,20)(H,21,22). The molecule has 1 fully saturated rings. The summed E-state index contributed by atoms with van der Waals surface area (Å²) in [5.74, 6) is -0.380. The summed E-state index contributed by atoms with van der Waals surface area (Å²) in [6.07, 6.45) is 15.7. The monoisotopic (exact) mass is 832 g/mol. The number of amides is 2. The van der Waals surface area contributed by atoms with Crippen LogP contribution in [0.15, 0.2) is 45.3 Å². The number of carboxylic acids is 1. The molecule has 2 aliphatic carbocycles. The second-order valence-corrected chi connectivity index (χ2v) is 15.7. The van der Waals surface area contributed by atoms with Crippen molar-refractivity contribution in [2.24, 2.45) is 0 Å². The molecule has 2 aromatic rings. The van der Waals surface area contributed by atoms with Gasteiger partial charge in [-0.15, -0.1) is 0 Å². The first-order valence-electron chi connectivity index (χ1n) is 18.8. The molecule has 11 heteroatoms. The predicted octanol–water partition coefficient (Wildman–Crippen LogP) is 8.98. The minimum atomic E-state index is -0.746. The van der Waals surface area contributed by atoms with Gasteiger partial charge in [-0.05, 0) is 117 Å². The van der Waals surface area contributed by atoms with Crippen molar-refractivity contribution in [2.45, 2.75) is 140 Å². The topological polar surface area (TPSA) is 131 Å². The number of carbonyl (C=O) groups is 4. The van der Waals surface area contributed by atoms with Crippen molar-refractivity contribution in [3.63, 3.8) is 0 Å². The molecule has 9 nitrogen and oxygen atoms in total. The lowest BCUT2D eigenvalue weighted by molar-refractivity contribution is -0.169. The van der Waals surface area contributed by atoms with Gasteiger partial charge in [0.1, 0.15) is 6.61 Å². The third kappa shape index (κ3) is 15.1. The Morgan fingerprint density at radius 3 is 1.69 bits per heavy atom. The number of aliphatic carboxylic acids is 1. The number of hydrogen-bond acceptors (Lipinski definition) is 6. The maximum Gasteiger partial charge on any atom is 0.303 e. The SMILES string of the molecule is O=C(CCCCCCC(=O)NC1CCc2cc(Br)ccc21)COC1CCCCO1.O=C(O)CCCCCCC(=O)NC1CCc2cc(Br)ccc21. The molecule has 0 spiro atoms. The van der Waals surface area contributed by atoms with Crippen LogP contribution in [0.1, 0.15) is 143 Å². The molecule has 3 aliphatic rings. The number of ether oxygens (including phenoxy) is 2. The minimum absolute atomic E-state index is 0.0963. The van der Waals surface area contributed by atoms with Gasteiger partial charge in [0.15, 0.2) is 12.1 Å². The number of fused-ring (bicyclic) bond motifs is 2. The van der Waals surface area contributed by atoms with E-state index in [2.05, 4.69) is 66.8 Å². The van der Waals surface area contributed by atoms with Gasteiger partial charge in [-0.2, -0.15) is 0 Å². The van der Waals surface area contributed by atoms with E-state index in [0.717, 1.165) is 105 Å². The molecular formula is C40H54Br2N2O7. The summed E-state index contributed by atoms with van der Waals surface area (Å²) in [6, 6.07) is 12.8. The van der Waals surface area contributed by atoms with Gasteiger partial charge in [-0.3, -0.25) is 19.2 Å². The van der Waals surface area contributed by atoms with Gasteiger partial charge >= 0.3 is 5.97 Å². The van der Waals surface area contributed by atoms with Crippen LogP contribution in [0.3, 0.4) is 0 Å². The number of ketones is 1. The van der Waals surface area contributed by atoms with Gasteiger partial charge in [-0.25, -0.2) is 0 Å². The number of aryl methyl sites for hydroxylation is 2. The zero-order valence-corrected chi connectivity index (χ0v) is 32.9. The fraction of sp³-hybridized carbons (Fsp3) is 0.600. The summed E-state index contributed by atoms with van der Waals surface area (Å²) in [6.45, 7) is 0.893. The molecule has 3 N–H and O–H groups in total. The van der Waals surface area contributed by atoms with E-state index in [1.807, 2.05) is 12.1 Å². The molecule has 1 heterocycles. The lowest BCUT2D eigenvalue weighted by atomic mass is 10.1. The summed E-state index contributed by atoms with van der Waals surface area (Å²) in [4.78, 5) is 46.5. The smallest absolute Gasteiger partial charge is 0.303 e. The van der Waals surface area contributed by atoms with Gasteiger partial charge in [0.25, 0.3) is 0 Å². The van der Waals surface area contributed by atoms with Crippen LogP contribution in [0, 0.1) is 0 Å². The van der Waals surface area contributed by atoms with E-state index in [4.69, 9.17) is 14.6 Å². The Bertz CT molecular complexity index is 1450. The Balaban J connectivity index is 0.000000238. The first kappa shape index (κ1) is 41.2. The highest BCUT2D eigenvalue weighted by atomic mass is 79.9. The number of halogens is 2. The number of nitrogens with one attached hydrogen (secondary N) is 2. The molecule has 0 saturated carbocycles. The van der Waals surface area contributed by atoms with Crippen LogP contribution in [0.2, 0.25) is 0 Å². The summed E-state index contributed by atoms with van der Waals surface area (Å²) in [7, 11) is 0. The van der Waals surface area contributed by atoms with E-state index in [9.17, 15) is 19.2 Å². The fourth-order valence-electron chi connectivity index (χ4n) is 6.98. The lowest BCUT2D eigenvalue weighted by Crippen LogP contribution is -2.26. The van der Waals surface area contributed by atoms with Gasteiger partial charge in [-0.1, -0.05) is 69.7 Å². The molecule has 0 bridgehead atoms. The Hall–Kier alpha value is -2.60. The van der Waals surface area contributed by atoms with Gasteiger partial charge in [0, 0.05) is 41.2 Å². The highest BCUT2D eigenvalue weighted by molar-refractivity contribution is 9.10. The van der Waals surface area contributed by atoms with E-state index in [1.165, 1.54) is 22.3 Å². The van der Waals surface area contributed by atoms with E-state index in [1.54, 1.807) is 0 Å². The van der Waals surface area contributed by atoms with Gasteiger partial charge in [0.05, 0.1) is 12.1 Å². The molecule has 0 aromatic heterocycles. The molecule has 5 rings (SSSR count). The van der Waals surface area contributed by atoms with Crippen LogP contribution >= 0.6 is 31.9 Å². The highest BCUT2D eigenvalue weighted by Gasteiger charge is 2.25. The first-order chi connectivity index (χ1) is 24.7. The highest BCUT2D eigenvalue weighted by Crippen LogP contribution is 2.34. The van der Waals surface area contributed by atoms with Gasteiger partial charge < -0.3 is 25.2 Å². The second kappa shape index (κ2) is 22.5. The number of carboxylic acid groups (broad SMARTS) is 1. The summed E-state index contributed by atoms with van der Waals surface area (Å²) in [5.41, 5.74) is 5.13. The molecule has 1 saturated heterocycles. The van der Waals surface area contributed by atoms with Crippen LogP contribution in [0.5, 0.6) is 0 Å². The average molecular weight is 835 g/mol. The molecule has 280 valence electrons. The maximum absolute atomic E-state index is 12.2. The Kier molecular flexibility index (Phi) is 18.1. The zero-order chi connectivity index (χ0) is 36.4. The number of hydrogen-bond donors (Lipinski definition) is 3. The maximum atomic E-state index is 12.2. The van der Waals surface area contributed by atoms with E-state index >= 15 is 0 Å². The first-order valence-corrected chi connectivity index (χ1v) is 20.4. The Morgan fingerprint density at radius 1 is 0.686 bits per heavy atom. The summed E-state index contributed by atoms with van der Waals surface area (Å²) < 4.78 is 13.2. The normalized spacial score (nSPS) is 19.0. The van der Waals surface area contributed by atoms with Crippen LogP contribution in [-0.2, 0) is 41.5 Å². The van der Waals surface area contributed by atoms with Crippen molar-refractivity contribution in [3.05, 3.63) is 67.6 Å². The predicted molar refractivity (Wildman–Crippen MR) is 204 cm³/mol. The largest absolute Gasteiger partial charge is 0.481 e. The number of Topliss-reactive ketones (excluding diaryl/α,β-unsaturated/α-hetero) is 1. The molecular weight excluding hydrogens is 780 g/mol. The molecule has 2 amide bonds. The van der Waals surface area contributed by atoms with Gasteiger partial charge in [0.2, 0.25) is 11.8 Å². The van der Waals surface area contributed by atoms with E-state index < -0.39 is 5.97 Å². The molecule has 1 aliphatic heterocycles. The van der Waals surface area contributed by atoms with Crippen LogP contribution in [-0.4, -0.2) is 48.2 Å². The lowest BCUT2D eigenvalue weighted by Gasteiger charge is -2.22. The average Bonchev–Trinajstić information content (AvgIpc) is 3.69. The van der Waals surface area contributed by atoms with Crippen LogP contribution in [0.4, 0.5) is 0 Å². The number of carbonyl (C=O) groups excluding carboxylic acids is 3. The zero-order valence-electron chi connectivity index (χ0n) is 29.7. The number of benzene rings is 2. The molecule has 2 aromatic carbocycles. The van der Waals surface area contributed by atoms with E-state index in [0.29, 0.717) is 25.7 Å². The van der Waals surface area contributed by atoms with Crippen molar-refractivity contribution in [1.29, 1.82) is 0 Å². The minimum Gasteiger partial charge on any atom is -0.481 e. The third-order valence-electron chi connectivity index (χ3n) is 9.76. The number of unbranched alkanes of at least 4 members (excludes halogenated alkanes) is 6. The summed E-state index contributed by atoms with van der Waals surface area (Å²) in [5, 5.41) is 14.8. The second-order valence-electron chi connectivity index (χ2n) is 13.9.